The average molecular weight is 201 g/mol. The van der Waals surface area contributed by atoms with Crippen LogP contribution in [0.25, 0.3) is 0 Å². The van der Waals surface area contributed by atoms with Crippen LogP contribution in [0.3, 0.4) is 0 Å². The van der Waals surface area contributed by atoms with Crippen LogP contribution in [0, 0.1) is 22.7 Å². The maximum atomic E-state index is 8.91. The van der Waals surface area contributed by atoms with Gasteiger partial charge >= 0.3 is 0 Å². The first kappa shape index (κ1) is 9.70. The summed E-state index contributed by atoms with van der Waals surface area (Å²) in [7, 11) is 0. The van der Waals surface area contributed by atoms with Crippen molar-refractivity contribution in [2.24, 2.45) is 0 Å². The van der Waals surface area contributed by atoms with Gasteiger partial charge in [-0.2, -0.15) is 10.5 Å². The summed E-state index contributed by atoms with van der Waals surface area (Å²) in [6.45, 7) is 1.75. The quantitative estimate of drug-likeness (QED) is 0.750. The first-order valence-corrected chi connectivity index (χ1v) is 4.94. The van der Waals surface area contributed by atoms with Gasteiger partial charge in [-0.15, -0.1) is 0 Å². The van der Waals surface area contributed by atoms with Crippen LogP contribution in [0.5, 0.6) is 0 Å². The van der Waals surface area contributed by atoms with Gasteiger partial charge in [0, 0.05) is 12.6 Å². The fourth-order valence-electron chi connectivity index (χ4n) is 1.87. The minimum atomic E-state index is 0.218. The molecule has 1 saturated heterocycles. The highest BCUT2D eigenvalue weighted by Crippen LogP contribution is 2.11. The smallest absolute Gasteiger partial charge is 0.176 e. The minimum absolute atomic E-state index is 0.218. The van der Waals surface area contributed by atoms with Gasteiger partial charge in [-0.05, 0) is 19.4 Å². The van der Waals surface area contributed by atoms with E-state index in [1.807, 2.05) is 12.1 Å². The lowest BCUT2D eigenvalue weighted by molar-refractivity contribution is 0.506. The second kappa shape index (κ2) is 4.12. The summed E-state index contributed by atoms with van der Waals surface area (Å²) in [6, 6.07) is 4.34. The van der Waals surface area contributed by atoms with Gasteiger partial charge in [0.2, 0.25) is 0 Å². The van der Waals surface area contributed by atoms with Gasteiger partial charge in [0.15, 0.2) is 11.4 Å². The number of aromatic nitrogens is 2. The van der Waals surface area contributed by atoms with Crippen LogP contribution in [-0.4, -0.2) is 22.1 Å². The number of hydrogen-bond acceptors (Lipinski definition) is 4. The van der Waals surface area contributed by atoms with Gasteiger partial charge in [0.1, 0.15) is 12.1 Å². The predicted octanol–water partition coefficient (Wildman–Crippen LogP) is 0.378. The number of nitrogens with one attached hydrogen (secondary N) is 1. The fourth-order valence-corrected chi connectivity index (χ4v) is 1.87. The molecule has 1 N–H and O–H groups in total. The van der Waals surface area contributed by atoms with Crippen LogP contribution in [0.2, 0.25) is 0 Å². The Balaban J connectivity index is 2.18. The molecule has 0 amide bonds. The van der Waals surface area contributed by atoms with Crippen molar-refractivity contribution in [3.8, 4) is 12.1 Å². The topological polar surface area (TPSA) is 77.4 Å². The molecule has 0 radical (unpaired) electrons. The van der Waals surface area contributed by atoms with Crippen molar-refractivity contribution < 1.29 is 0 Å². The zero-order valence-electron chi connectivity index (χ0n) is 8.27. The van der Waals surface area contributed by atoms with Crippen LogP contribution in [0.15, 0.2) is 6.33 Å². The Hall–Kier alpha value is -1.85. The van der Waals surface area contributed by atoms with E-state index in [9.17, 15) is 0 Å². The zero-order valence-corrected chi connectivity index (χ0v) is 8.27. The molecule has 1 aromatic rings. The normalized spacial score (nSPS) is 19.7. The van der Waals surface area contributed by atoms with E-state index in [4.69, 9.17) is 10.5 Å². The van der Waals surface area contributed by atoms with Crippen molar-refractivity contribution >= 4 is 0 Å². The van der Waals surface area contributed by atoms with Crippen LogP contribution >= 0.6 is 0 Å². The zero-order chi connectivity index (χ0) is 10.7. The Morgan fingerprint density at radius 2 is 2.40 bits per heavy atom. The third kappa shape index (κ3) is 1.83. The van der Waals surface area contributed by atoms with Crippen molar-refractivity contribution in [1.29, 1.82) is 10.5 Å². The Morgan fingerprint density at radius 3 is 3.00 bits per heavy atom. The lowest BCUT2D eigenvalue weighted by Gasteiger charge is -2.10. The number of hydrogen-bond donors (Lipinski definition) is 1. The van der Waals surface area contributed by atoms with Crippen LogP contribution < -0.4 is 5.32 Å². The molecule has 15 heavy (non-hydrogen) atoms. The molecule has 76 valence electrons. The summed E-state index contributed by atoms with van der Waals surface area (Å²) >= 11 is 0. The van der Waals surface area contributed by atoms with E-state index in [0.717, 1.165) is 19.5 Å². The van der Waals surface area contributed by atoms with Crippen LogP contribution in [0.4, 0.5) is 0 Å². The molecule has 1 atom stereocenters. The third-order valence-electron chi connectivity index (χ3n) is 2.63. The van der Waals surface area contributed by atoms with Crippen molar-refractivity contribution in [1.82, 2.24) is 14.9 Å². The molecule has 1 aliphatic rings. The van der Waals surface area contributed by atoms with E-state index in [2.05, 4.69) is 10.3 Å². The van der Waals surface area contributed by atoms with Gasteiger partial charge in [0.25, 0.3) is 0 Å². The largest absolute Gasteiger partial charge is 0.320 e. The highest BCUT2D eigenvalue weighted by Gasteiger charge is 2.17. The van der Waals surface area contributed by atoms with Gasteiger partial charge in [-0.1, -0.05) is 0 Å². The molecule has 1 fully saturated rings. The fraction of sp³-hybridized carbons (Fsp3) is 0.500. The van der Waals surface area contributed by atoms with Gasteiger partial charge in [0.05, 0.1) is 6.33 Å². The summed E-state index contributed by atoms with van der Waals surface area (Å²) < 4.78 is 1.75. The van der Waals surface area contributed by atoms with Gasteiger partial charge < -0.3 is 9.88 Å². The Kier molecular flexibility index (Phi) is 2.66. The standard InChI is InChI=1S/C10H11N5/c11-4-9-10(5-12)15(7-14-9)6-8-2-1-3-13-8/h7-8,13H,1-3,6H2/t8-/m0/s1. The summed E-state index contributed by atoms with van der Waals surface area (Å²) in [5.41, 5.74) is 0.585. The summed E-state index contributed by atoms with van der Waals surface area (Å²) in [5, 5.41) is 21.0. The Labute approximate surface area is 88.0 Å². The van der Waals surface area contributed by atoms with Crippen molar-refractivity contribution in [3.05, 3.63) is 17.7 Å². The maximum Gasteiger partial charge on any atom is 0.176 e. The summed E-state index contributed by atoms with van der Waals surface area (Å²) in [5.74, 6) is 0. The highest BCUT2D eigenvalue weighted by molar-refractivity contribution is 5.36. The predicted molar refractivity (Wildman–Crippen MR) is 52.7 cm³/mol. The lowest BCUT2D eigenvalue weighted by atomic mass is 10.2. The molecule has 5 heteroatoms. The minimum Gasteiger partial charge on any atom is -0.320 e. The van der Waals surface area contributed by atoms with Crippen molar-refractivity contribution in [2.75, 3.05) is 6.54 Å². The van der Waals surface area contributed by atoms with E-state index in [1.165, 1.54) is 6.42 Å². The number of nitriles is 2. The van der Waals surface area contributed by atoms with Crippen LogP contribution in [0.1, 0.15) is 24.2 Å². The first-order chi connectivity index (χ1) is 7.35. The highest BCUT2D eigenvalue weighted by atomic mass is 15.1. The van der Waals surface area contributed by atoms with Crippen molar-refractivity contribution in [2.45, 2.75) is 25.4 Å². The molecular weight excluding hydrogens is 190 g/mol. The molecule has 1 aliphatic heterocycles. The van der Waals surface area contributed by atoms with Crippen LogP contribution in [-0.2, 0) is 6.54 Å². The molecule has 0 saturated carbocycles. The number of imidazole rings is 1. The van der Waals surface area contributed by atoms with Gasteiger partial charge in [-0.3, -0.25) is 0 Å². The molecule has 2 rings (SSSR count). The van der Waals surface area contributed by atoms with E-state index >= 15 is 0 Å². The Bertz CT molecular complexity index is 428. The van der Waals surface area contributed by atoms with Gasteiger partial charge in [-0.25, -0.2) is 4.98 Å². The number of nitrogens with zero attached hydrogens (tertiary/aromatic N) is 4. The monoisotopic (exact) mass is 201 g/mol. The summed E-state index contributed by atoms with van der Waals surface area (Å²) in [6.07, 6.45) is 3.86. The van der Waals surface area contributed by atoms with Crippen molar-refractivity contribution in [3.63, 3.8) is 0 Å². The molecule has 5 nitrogen and oxygen atoms in total. The third-order valence-corrected chi connectivity index (χ3v) is 2.63. The van der Waals surface area contributed by atoms with E-state index in [1.54, 1.807) is 10.9 Å². The second-order valence-corrected chi connectivity index (χ2v) is 3.61. The molecule has 0 aromatic carbocycles. The lowest BCUT2D eigenvalue weighted by Crippen LogP contribution is -2.26. The maximum absolute atomic E-state index is 8.91. The van der Waals surface area contributed by atoms with E-state index in [0.29, 0.717) is 11.7 Å². The summed E-state index contributed by atoms with van der Waals surface area (Å²) in [4.78, 5) is 3.90. The van der Waals surface area contributed by atoms with E-state index in [-0.39, 0.29) is 5.69 Å². The second-order valence-electron chi connectivity index (χ2n) is 3.61. The molecule has 0 spiro atoms. The number of rotatable bonds is 2. The van der Waals surface area contributed by atoms with E-state index < -0.39 is 0 Å². The molecule has 0 bridgehead atoms. The molecule has 0 aliphatic carbocycles. The SMILES string of the molecule is N#Cc1ncn(C[C@@H]2CCCN2)c1C#N. The molecule has 1 aromatic heterocycles. The molecule has 0 unspecified atom stereocenters. The average Bonchev–Trinajstić information content (AvgIpc) is 2.87. The Morgan fingerprint density at radius 1 is 1.53 bits per heavy atom. The molecule has 2 heterocycles. The first-order valence-electron chi connectivity index (χ1n) is 4.94. The molecular formula is C10H11N5.